The Labute approximate surface area is 140 Å². The molecule has 128 valence electrons. The van der Waals surface area contributed by atoms with Gasteiger partial charge in [0.2, 0.25) is 0 Å². The van der Waals surface area contributed by atoms with Gasteiger partial charge < -0.3 is 25.5 Å². The van der Waals surface area contributed by atoms with Gasteiger partial charge in [-0.1, -0.05) is 0 Å². The van der Waals surface area contributed by atoms with Gasteiger partial charge in [-0.15, -0.1) is 0 Å². The van der Waals surface area contributed by atoms with Crippen LogP contribution < -0.4 is 16.2 Å². The summed E-state index contributed by atoms with van der Waals surface area (Å²) in [6.45, 7) is 6.84. The molecule has 0 amide bonds. The number of ether oxygens (including phenoxy) is 2. The number of nitrogen functional groups attached to an aromatic ring is 1. The molecule has 0 aliphatic heterocycles. The largest absolute Gasteiger partial charge is 0.492 e. The van der Waals surface area contributed by atoms with Gasteiger partial charge in [0, 0.05) is 25.1 Å². The molecule has 0 unspecified atom stereocenters. The smallest absolute Gasteiger partial charge is 0.152 e. The van der Waals surface area contributed by atoms with Crippen molar-refractivity contribution >= 4 is 27.8 Å². The molecule has 0 aliphatic carbocycles. The van der Waals surface area contributed by atoms with Gasteiger partial charge in [-0.3, -0.25) is 0 Å². The highest BCUT2D eigenvalue weighted by Crippen LogP contribution is 2.31. The summed E-state index contributed by atoms with van der Waals surface area (Å²) >= 11 is 0. The van der Waals surface area contributed by atoms with Crippen LogP contribution in [0.25, 0.3) is 21.9 Å². The maximum Gasteiger partial charge on any atom is 0.152 e. The second-order valence-corrected chi connectivity index (χ2v) is 5.42. The Kier molecular flexibility index (Phi) is 4.82. The van der Waals surface area contributed by atoms with Crippen LogP contribution in [0.15, 0.2) is 18.2 Å². The fourth-order valence-electron chi connectivity index (χ4n) is 2.85. The zero-order valence-electron chi connectivity index (χ0n) is 14.1. The fourth-order valence-corrected chi connectivity index (χ4v) is 2.85. The standard InChI is InChI=1S/C17H23N5O2/c1-3-22-14(10-23-4-2)21-15-16(22)12-9-11(24-8-7-18)5-6-13(12)20-17(15)19/h5-6,9H,3-4,7-8,10,18H2,1-2H3,(H2,19,20). The zero-order chi connectivity index (χ0) is 17.1. The van der Waals surface area contributed by atoms with Crippen LogP contribution in [0.5, 0.6) is 5.75 Å². The lowest BCUT2D eigenvalue weighted by Crippen LogP contribution is -2.10. The second kappa shape index (κ2) is 7.02. The van der Waals surface area contributed by atoms with Gasteiger partial charge in [-0.2, -0.15) is 0 Å². The third kappa shape index (κ3) is 2.88. The number of aryl methyl sites for hydroxylation is 1. The first-order chi connectivity index (χ1) is 11.7. The van der Waals surface area contributed by atoms with Crippen LogP contribution in [-0.4, -0.2) is 34.3 Å². The molecular formula is C17H23N5O2. The molecule has 0 spiro atoms. The highest BCUT2D eigenvalue weighted by molar-refractivity contribution is 6.07. The maximum atomic E-state index is 6.13. The van der Waals surface area contributed by atoms with E-state index in [1.165, 1.54) is 0 Å². The third-order valence-corrected chi connectivity index (χ3v) is 3.89. The number of pyridine rings is 1. The van der Waals surface area contributed by atoms with Crippen molar-refractivity contribution in [2.75, 3.05) is 25.5 Å². The van der Waals surface area contributed by atoms with E-state index in [9.17, 15) is 0 Å². The molecule has 0 aliphatic rings. The molecule has 0 radical (unpaired) electrons. The summed E-state index contributed by atoms with van der Waals surface area (Å²) in [5.74, 6) is 2.04. The lowest BCUT2D eigenvalue weighted by molar-refractivity contribution is 0.126. The van der Waals surface area contributed by atoms with E-state index in [4.69, 9.17) is 20.9 Å². The Morgan fingerprint density at radius 3 is 2.75 bits per heavy atom. The van der Waals surface area contributed by atoms with Crippen molar-refractivity contribution in [3.8, 4) is 5.75 Å². The minimum absolute atomic E-state index is 0.429. The van der Waals surface area contributed by atoms with Crippen LogP contribution in [0.3, 0.4) is 0 Å². The Balaban J connectivity index is 2.23. The first kappa shape index (κ1) is 16.5. The lowest BCUT2D eigenvalue weighted by Gasteiger charge is -2.10. The van der Waals surface area contributed by atoms with Gasteiger partial charge in [0.05, 0.1) is 11.0 Å². The molecule has 2 aromatic heterocycles. The number of aromatic nitrogens is 3. The first-order valence-electron chi connectivity index (χ1n) is 8.18. The summed E-state index contributed by atoms with van der Waals surface area (Å²) in [5.41, 5.74) is 14.1. The quantitative estimate of drug-likeness (QED) is 0.688. The molecule has 0 saturated heterocycles. The molecule has 0 atom stereocenters. The van der Waals surface area contributed by atoms with Crippen LogP contribution in [0.4, 0.5) is 5.82 Å². The average Bonchev–Trinajstić information content (AvgIpc) is 2.97. The van der Waals surface area contributed by atoms with Gasteiger partial charge >= 0.3 is 0 Å². The molecule has 2 heterocycles. The highest BCUT2D eigenvalue weighted by Gasteiger charge is 2.17. The van der Waals surface area contributed by atoms with Crippen molar-refractivity contribution in [3.05, 3.63) is 24.0 Å². The molecule has 0 saturated carbocycles. The molecule has 1 aromatic carbocycles. The fraction of sp³-hybridized carbons (Fsp3) is 0.412. The topological polar surface area (TPSA) is 101 Å². The molecule has 0 fully saturated rings. The Bertz CT molecular complexity index is 859. The van der Waals surface area contributed by atoms with Crippen molar-refractivity contribution in [2.45, 2.75) is 27.0 Å². The molecule has 3 rings (SSSR count). The number of nitrogens with two attached hydrogens (primary N) is 2. The number of nitrogens with zero attached hydrogens (tertiary/aromatic N) is 3. The normalized spacial score (nSPS) is 11.5. The molecular weight excluding hydrogens is 306 g/mol. The third-order valence-electron chi connectivity index (χ3n) is 3.89. The molecule has 7 nitrogen and oxygen atoms in total. The van der Waals surface area contributed by atoms with Gasteiger partial charge in [-0.25, -0.2) is 9.97 Å². The van der Waals surface area contributed by atoms with Gasteiger partial charge in [-0.05, 0) is 32.0 Å². The first-order valence-corrected chi connectivity index (χ1v) is 8.18. The van der Waals surface area contributed by atoms with Crippen LogP contribution >= 0.6 is 0 Å². The Morgan fingerprint density at radius 1 is 1.21 bits per heavy atom. The molecule has 4 N–H and O–H groups in total. The minimum Gasteiger partial charge on any atom is -0.492 e. The zero-order valence-corrected chi connectivity index (χ0v) is 14.1. The SMILES string of the molecule is CCOCc1nc2c(N)nc3ccc(OCCN)cc3c2n1CC. The predicted molar refractivity (Wildman–Crippen MR) is 95.0 cm³/mol. The Hall–Kier alpha value is -2.38. The molecule has 0 bridgehead atoms. The van der Waals surface area contributed by atoms with Gasteiger partial charge in [0.15, 0.2) is 5.82 Å². The monoisotopic (exact) mass is 329 g/mol. The Morgan fingerprint density at radius 2 is 2.04 bits per heavy atom. The van der Waals surface area contributed by atoms with Crippen LogP contribution in [0, 0.1) is 0 Å². The molecule has 3 aromatic rings. The summed E-state index contributed by atoms with van der Waals surface area (Å²) in [6, 6.07) is 5.76. The number of anilines is 1. The van der Waals surface area contributed by atoms with Crippen LogP contribution in [-0.2, 0) is 17.9 Å². The number of hydrogen-bond donors (Lipinski definition) is 2. The second-order valence-electron chi connectivity index (χ2n) is 5.42. The van der Waals surface area contributed by atoms with Crippen molar-refractivity contribution < 1.29 is 9.47 Å². The van der Waals surface area contributed by atoms with E-state index in [1.54, 1.807) is 0 Å². The number of benzene rings is 1. The van der Waals surface area contributed by atoms with Gasteiger partial charge in [0.25, 0.3) is 0 Å². The summed E-state index contributed by atoms with van der Waals surface area (Å²) in [7, 11) is 0. The van der Waals surface area contributed by atoms with E-state index < -0.39 is 0 Å². The van der Waals surface area contributed by atoms with E-state index in [2.05, 4.69) is 21.5 Å². The number of hydrogen-bond acceptors (Lipinski definition) is 6. The maximum absolute atomic E-state index is 6.13. The van der Waals surface area contributed by atoms with Crippen LogP contribution in [0.2, 0.25) is 0 Å². The van der Waals surface area contributed by atoms with Crippen molar-refractivity contribution in [1.29, 1.82) is 0 Å². The molecule has 7 heteroatoms. The van der Waals surface area contributed by atoms with E-state index in [0.29, 0.717) is 37.7 Å². The van der Waals surface area contributed by atoms with Crippen LogP contribution in [0.1, 0.15) is 19.7 Å². The van der Waals surface area contributed by atoms with E-state index in [1.807, 2.05) is 25.1 Å². The van der Waals surface area contributed by atoms with E-state index in [-0.39, 0.29) is 0 Å². The van der Waals surface area contributed by atoms with Crippen molar-refractivity contribution in [1.82, 2.24) is 14.5 Å². The number of imidazole rings is 1. The van der Waals surface area contributed by atoms with E-state index in [0.717, 1.165) is 34.5 Å². The predicted octanol–water partition coefficient (Wildman–Crippen LogP) is 2.06. The minimum atomic E-state index is 0.429. The lowest BCUT2D eigenvalue weighted by atomic mass is 10.1. The summed E-state index contributed by atoms with van der Waals surface area (Å²) < 4.78 is 13.3. The van der Waals surface area contributed by atoms with Crippen molar-refractivity contribution in [2.24, 2.45) is 5.73 Å². The molecule has 24 heavy (non-hydrogen) atoms. The highest BCUT2D eigenvalue weighted by atomic mass is 16.5. The summed E-state index contributed by atoms with van der Waals surface area (Å²) in [6.07, 6.45) is 0. The summed E-state index contributed by atoms with van der Waals surface area (Å²) in [4.78, 5) is 9.13. The number of rotatable bonds is 7. The van der Waals surface area contributed by atoms with E-state index >= 15 is 0 Å². The number of fused-ring (bicyclic) bond motifs is 3. The van der Waals surface area contributed by atoms with Crippen molar-refractivity contribution in [3.63, 3.8) is 0 Å². The summed E-state index contributed by atoms with van der Waals surface area (Å²) in [5, 5.41) is 0.964. The average molecular weight is 329 g/mol. The van der Waals surface area contributed by atoms with Gasteiger partial charge in [0.1, 0.15) is 30.3 Å².